The van der Waals surface area contributed by atoms with Gasteiger partial charge in [-0.3, -0.25) is 0 Å². The molecule has 1 amide bonds. The molecule has 0 radical (unpaired) electrons. The Morgan fingerprint density at radius 3 is 2.43 bits per heavy atom. The molecule has 1 rings (SSSR count). The van der Waals surface area contributed by atoms with Crippen LogP contribution in [0.2, 0.25) is 0 Å². The van der Waals surface area contributed by atoms with E-state index in [1.54, 1.807) is 19.1 Å². The number of benzene rings is 1. The monoisotopic (exact) mass is 324 g/mol. The first-order valence-electron chi connectivity index (χ1n) is 8.05. The number of aryl methyl sites for hydroxylation is 1. The van der Waals surface area contributed by atoms with Gasteiger partial charge in [-0.05, 0) is 63.3 Å². The van der Waals surface area contributed by atoms with Crippen LogP contribution in [-0.4, -0.2) is 24.8 Å². The number of carbonyl (C=O) groups is 1. The van der Waals surface area contributed by atoms with Crippen molar-refractivity contribution in [3.63, 3.8) is 0 Å². The molecule has 5 heteroatoms. The molecule has 0 heterocycles. The fraction of sp³-hybridized carbons (Fsp3) is 0.611. The van der Waals surface area contributed by atoms with E-state index >= 15 is 0 Å². The number of ether oxygens (including phenoxy) is 1. The molecule has 0 saturated carbocycles. The number of rotatable bonds is 6. The zero-order valence-corrected chi connectivity index (χ0v) is 15.0. The van der Waals surface area contributed by atoms with Crippen LogP contribution in [0.3, 0.4) is 0 Å². The predicted octanol–water partition coefficient (Wildman–Crippen LogP) is 4.34. The van der Waals surface area contributed by atoms with Crippen LogP contribution in [0, 0.1) is 24.6 Å². The highest BCUT2D eigenvalue weighted by Gasteiger charge is 2.19. The maximum atomic E-state index is 13.3. The van der Waals surface area contributed by atoms with E-state index in [0.29, 0.717) is 24.6 Å². The molecular formula is C18H29FN2O2. The van der Waals surface area contributed by atoms with Gasteiger partial charge in [0.2, 0.25) is 0 Å². The Bertz CT molecular complexity index is 524. The normalized spacial score (nSPS) is 12.9. The minimum absolute atomic E-state index is 0.206. The van der Waals surface area contributed by atoms with Gasteiger partial charge in [-0.25, -0.2) is 9.18 Å². The molecule has 1 aromatic rings. The quantitative estimate of drug-likeness (QED) is 0.818. The summed E-state index contributed by atoms with van der Waals surface area (Å²) >= 11 is 0. The summed E-state index contributed by atoms with van der Waals surface area (Å²) in [6, 6.07) is 4.97. The number of amides is 1. The van der Waals surface area contributed by atoms with Gasteiger partial charge in [0, 0.05) is 18.8 Å². The number of nitrogens with one attached hydrogen (secondary N) is 2. The minimum Gasteiger partial charge on any atom is -0.444 e. The molecule has 0 spiro atoms. The molecule has 0 fully saturated rings. The van der Waals surface area contributed by atoms with Crippen LogP contribution < -0.4 is 10.6 Å². The van der Waals surface area contributed by atoms with Crippen molar-refractivity contribution in [1.82, 2.24) is 5.32 Å². The van der Waals surface area contributed by atoms with Crippen LogP contribution in [0.25, 0.3) is 0 Å². The van der Waals surface area contributed by atoms with E-state index in [4.69, 9.17) is 4.74 Å². The number of hydrogen-bond donors (Lipinski definition) is 2. The van der Waals surface area contributed by atoms with Gasteiger partial charge >= 0.3 is 6.09 Å². The largest absolute Gasteiger partial charge is 0.444 e. The third kappa shape index (κ3) is 7.35. The average molecular weight is 324 g/mol. The zero-order chi connectivity index (χ0) is 17.6. The van der Waals surface area contributed by atoms with Crippen LogP contribution in [0.5, 0.6) is 0 Å². The van der Waals surface area contributed by atoms with Gasteiger partial charge in [0.25, 0.3) is 0 Å². The third-order valence-electron chi connectivity index (χ3n) is 3.58. The van der Waals surface area contributed by atoms with Crippen molar-refractivity contribution in [2.75, 3.05) is 18.4 Å². The maximum Gasteiger partial charge on any atom is 0.407 e. The molecule has 0 bridgehead atoms. The van der Waals surface area contributed by atoms with Gasteiger partial charge in [0.05, 0.1) is 0 Å². The van der Waals surface area contributed by atoms with Gasteiger partial charge in [-0.2, -0.15) is 0 Å². The number of alkyl carbamates (subject to hydrolysis) is 1. The van der Waals surface area contributed by atoms with Crippen molar-refractivity contribution in [2.24, 2.45) is 11.8 Å². The summed E-state index contributed by atoms with van der Waals surface area (Å²) in [6.07, 6.45) is -0.402. The highest BCUT2D eigenvalue weighted by molar-refractivity contribution is 5.67. The van der Waals surface area contributed by atoms with Crippen LogP contribution in [0.1, 0.15) is 40.2 Å². The Labute approximate surface area is 138 Å². The lowest BCUT2D eigenvalue weighted by Crippen LogP contribution is -2.38. The lowest BCUT2D eigenvalue weighted by Gasteiger charge is -2.24. The van der Waals surface area contributed by atoms with E-state index in [0.717, 1.165) is 5.69 Å². The lowest BCUT2D eigenvalue weighted by molar-refractivity contribution is 0.0516. The molecule has 4 nitrogen and oxygen atoms in total. The van der Waals surface area contributed by atoms with Crippen molar-refractivity contribution < 1.29 is 13.9 Å². The topological polar surface area (TPSA) is 50.4 Å². The predicted molar refractivity (Wildman–Crippen MR) is 92.2 cm³/mol. The molecule has 1 atom stereocenters. The average Bonchev–Trinajstić information content (AvgIpc) is 2.40. The summed E-state index contributed by atoms with van der Waals surface area (Å²) in [7, 11) is 0. The Morgan fingerprint density at radius 1 is 1.26 bits per heavy atom. The molecule has 130 valence electrons. The Balaban J connectivity index is 2.52. The van der Waals surface area contributed by atoms with Crippen LogP contribution in [0.15, 0.2) is 18.2 Å². The molecule has 0 aromatic heterocycles. The summed E-state index contributed by atoms with van der Waals surface area (Å²) in [5, 5.41) is 6.12. The summed E-state index contributed by atoms with van der Waals surface area (Å²) in [4.78, 5) is 11.7. The van der Waals surface area contributed by atoms with E-state index in [1.807, 2.05) is 20.8 Å². The summed E-state index contributed by atoms with van der Waals surface area (Å²) in [5.74, 6) is 0.425. The molecule has 23 heavy (non-hydrogen) atoms. The van der Waals surface area contributed by atoms with Crippen molar-refractivity contribution in [3.8, 4) is 0 Å². The molecule has 2 N–H and O–H groups in total. The Kier molecular flexibility index (Phi) is 6.85. The van der Waals surface area contributed by atoms with Gasteiger partial charge < -0.3 is 15.4 Å². The zero-order valence-electron chi connectivity index (χ0n) is 15.0. The molecule has 1 unspecified atom stereocenters. The van der Waals surface area contributed by atoms with Crippen LogP contribution >= 0.6 is 0 Å². The Hall–Kier alpha value is -1.78. The maximum absolute atomic E-state index is 13.3. The van der Waals surface area contributed by atoms with Gasteiger partial charge in [-0.15, -0.1) is 0 Å². The number of halogens is 1. The summed E-state index contributed by atoms with van der Waals surface area (Å²) in [6.45, 7) is 12.7. The van der Waals surface area contributed by atoms with Crippen molar-refractivity contribution in [1.29, 1.82) is 0 Å². The lowest BCUT2D eigenvalue weighted by atomic mass is 9.95. The standard InChI is InChI=1S/C18H29FN2O2/c1-12(2)14(11-21-17(22)23-18(4,5)6)10-20-15-7-8-16(19)13(3)9-15/h7-9,12,14,20H,10-11H2,1-6H3,(H,21,22). The second-order valence-electron chi connectivity index (χ2n) is 7.23. The van der Waals surface area contributed by atoms with E-state index in [-0.39, 0.29) is 11.7 Å². The van der Waals surface area contributed by atoms with Crippen molar-refractivity contribution >= 4 is 11.8 Å². The Morgan fingerprint density at radius 2 is 1.91 bits per heavy atom. The molecular weight excluding hydrogens is 295 g/mol. The third-order valence-corrected chi connectivity index (χ3v) is 3.58. The second kappa shape index (κ2) is 8.18. The molecule has 0 aliphatic heterocycles. The fourth-order valence-electron chi connectivity index (χ4n) is 2.08. The summed E-state index contributed by atoms with van der Waals surface area (Å²) < 4.78 is 18.5. The smallest absolute Gasteiger partial charge is 0.407 e. The van der Waals surface area contributed by atoms with Crippen LogP contribution in [0.4, 0.5) is 14.9 Å². The number of anilines is 1. The SMILES string of the molecule is Cc1cc(NCC(CNC(=O)OC(C)(C)C)C(C)C)ccc1F. The van der Waals surface area contributed by atoms with Gasteiger partial charge in [0.1, 0.15) is 11.4 Å². The molecule has 0 aliphatic rings. The van der Waals surface area contributed by atoms with Gasteiger partial charge in [-0.1, -0.05) is 13.8 Å². The molecule has 1 aromatic carbocycles. The first-order chi connectivity index (χ1) is 10.6. The summed E-state index contributed by atoms with van der Waals surface area (Å²) in [5.41, 5.74) is 0.996. The first kappa shape index (κ1) is 19.3. The number of hydrogen-bond acceptors (Lipinski definition) is 3. The molecule has 0 aliphatic carbocycles. The van der Waals surface area contributed by atoms with E-state index < -0.39 is 11.7 Å². The second-order valence-corrected chi connectivity index (χ2v) is 7.23. The first-order valence-corrected chi connectivity index (χ1v) is 8.05. The van der Waals surface area contributed by atoms with Crippen molar-refractivity contribution in [2.45, 2.75) is 47.1 Å². The van der Waals surface area contributed by atoms with Crippen LogP contribution in [-0.2, 0) is 4.74 Å². The van der Waals surface area contributed by atoms with Crippen molar-refractivity contribution in [3.05, 3.63) is 29.6 Å². The fourth-order valence-corrected chi connectivity index (χ4v) is 2.08. The van der Waals surface area contributed by atoms with Gasteiger partial charge in [0.15, 0.2) is 0 Å². The highest BCUT2D eigenvalue weighted by Crippen LogP contribution is 2.16. The van der Waals surface area contributed by atoms with E-state index in [9.17, 15) is 9.18 Å². The highest BCUT2D eigenvalue weighted by atomic mass is 19.1. The minimum atomic E-state index is -0.499. The van der Waals surface area contributed by atoms with E-state index in [2.05, 4.69) is 24.5 Å². The number of carbonyl (C=O) groups excluding carboxylic acids is 1. The molecule has 0 saturated heterocycles. The van der Waals surface area contributed by atoms with E-state index in [1.165, 1.54) is 6.07 Å².